The highest BCUT2D eigenvalue weighted by molar-refractivity contribution is 7.89. The summed E-state index contributed by atoms with van der Waals surface area (Å²) in [6, 6.07) is 11.4. The van der Waals surface area contributed by atoms with E-state index in [9.17, 15) is 13.2 Å². The Kier molecular flexibility index (Phi) is 5.63. The fourth-order valence-electron chi connectivity index (χ4n) is 2.40. The summed E-state index contributed by atoms with van der Waals surface area (Å²) in [6.07, 6.45) is 5.19. The van der Waals surface area contributed by atoms with Gasteiger partial charge in [0.05, 0.1) is 4.90 Å². The Morgan fingerprint density at radius 2 is 1.78 bits per heavy atom. The van der Waals surface area contributed by atoms with Gasteiger partial charge in [0, 0.05) is 37.1 Å². The van der Waals surface area contributed by atoms with Crippen molar-refractivity contribution in [2.45, 2.75) is 11.8 Å². The van der Waals surface area contributed by atoms with E-state index in [2.05, 4.69) is 20.0 Å². The predicted molar refractivity (Wildman–Crippen MR) is 101 cm³/mol. The number of sulfonamides is 1. The number of nitrogens with one attached hydrogen (secondary N) is 2. The summed E-state index contributed by atoms with van der Waals surface area (Å²) in [6.45, 7) is 1.97. The molecule has 0 aliphatic rings. The van der Waals surface area contributed by atoms with Crippen LogP contribution in [0.15, 0.2) is 66.1 Å². The maximum absolute atomic E-state index is 12.3. The third-order valence-electron chi connectivity index (χ3n) is 3.82. The van der Waals surface area contributed by atoms with Gasteiger partial charge < -0.3 is 9.88 Å². The molecule has 0 radical (unpaired) electrons. The highest BCUT2D eigenvalue weighted by atomic mass is 32.2. The zero-order valence-electron chi connectivity index (χ0n) is 14.7. The number of nitrogens with zero attached hydrogens (tertiary/aromatic N) is 3. The van der Waals surface area contributed by atoms with Crippen LogP contribution >= 0.6 is 0 Å². The Hall–Kier alpha value is -3.04. The Labute approximate surface area is 157 Å². The molecular formula is C18H19N5O3S. The van der Waals surface area contributed by atoms with E-state index >= 15 is 0 Å². The zero-order valence-corrected chi connectivity index (χ0v) is 15.5. The molecule has 0 saturated carbocycles. The van der Waals surface area contributed by atoms with Crippen molar-refractivity contribution in [1.82, 2.24) is 19.3 Å². The van der Waals surface area contributed by atoms with Crippen molar-refractivity contribution in [3.05, 3.63) is 66.7 Å². The number of Topliss-reactive ketones (excluding diaryl/α,β-unsaturated/α-hetero) is 1. The number of carbonyl (C=O) groups is 1. The Morgan fingerprint density at radius 1 is 1.07 bits per heavy atom. The Bertz CT molecular complexity index is 1020. The number of carbonyl (C=O) groups excluding carboxylic acids is 1. The minimum atomic E-state index is -3.64. The van der Waals surface area contributed by atoms with Gasteiger partial charge >= 0.3 is 0 Å². The normalized spacial score (nSPS) is 11.3. The maximum Gasteiger partial charge on any atom is 0.240 e. The van der Waals surface area contributed by atoms with Crippen LogP contribution < -0.4 is 10.0 Å². The zero-order chi connectivity index (χ0) is 19.3. The third kappa shape index (κ3) is 4.78. The summed E-state index contributed by atoms with van der Waals surface area (Å²) in [5.41, 5.74) is 0.470. The first-order chi connectivity index (χ1) is 13.0. The van der Waals surface area contributed by atoms with Gasteiger partial charge in [-0.15, -0.1) is 0 Å². The highest BCUT2D eigenvalue weighted by Gasteiger charge is 2.13. The van der Waals surface area contributed by atoms with E-state index in [4.69, 9.17) is 0 Å². The second kappa shape index (κ2) is 8.11. The summed E-state index contributed by atoms with van der Waals surface area (Å²) in [4.78, 5) is 19.7. The van der Waals surface area contributed by atoms with Gasteiger partial charge in [0.15, 0.2) is 5.78 Å². The molecule has 27 heavy (non-hydrogen) atoms. The van der Waals surface area contributed by atoms with E-state index in [0.29, 0.717) is 23.7 Å². The van der Waals surface area contributed by atoms with Gasteiger partial charge in [-0.2, -0.15) is 0 Å². The van der Waals surface area contributed by atoms with E-state index in [-0.39, 0.29) is 17.2 Å². The van der Waals surface area contributed by atoms with Crippen molar-refractivity contribution in [3.63, 3.8) is 0 Å². The lowest BCUT2D eigenvalue weighted by atomic mass is 10.2. The molecule has 0 aliphatic heterocycles. The van der Waals surface area contributed by atoms with Crippen LogP contribution in [-0.4, -0.2) is 41.8 Å². The first kappa shape index (κ1) is 18.7. The predicted octanol–water partition coefficient (Wildman–Crippen LogP) is 1.86. The third-order valence-corrected chi connectivity index (χ3v) is 5.29. The fraction of sp³-hybridized carbons (Fsp3) is 0.167. The van der Waals surface area contributed by atoms with Crippen molar-refractivity contribution in [2.75, 3.05) is 18.4 Å². The number of hydrogen-bond acceptors (Lipinski definition) is 6. The molecule has 3 rings (SSSR count). The SMILES string of the molecule is CC(=O)c1ccc(S(=O)(=O)NCCNc2cc(-n3cccc3)ncn2)cc1. The van der Waals surface area contributed by atoms with E-state index in [0.717, 1.165) is 0 Å². The first-order valence-corrected chi connectivity index (χ1v) is 9.74. The standard InChI is InChI=1S/C18H19N5O3S/c1-14(24)15-4-6-16(7-5-15)27(25,26)22-9-8-19-17-12-18(21-13-20-17)23-10-2-3-11-23/h2-7,10-13,22H,8-9H2,1H3,(H,19,20,21). The lowest BCUT2D eigenvalue weighted by Crippen LogP contribution is -2.29. The molecule has 0 aliphatic carbocycles. The van der Waals surface area contributed by atoms with Crippen LogP contribution in [0.5, 0.6) is 0 Å². The number of hydrogen-bond donors (Lipinski definition) is 2. The molecule has 0 fully saturated rings. The lowest BCUT2D eigenvalue weighted by Gasteiger charge is -2.09. The van der Waals surface area contributed by atoms with Gasteiger partial charge in [-0.1, -0.05) is 12.1 Å². The lowest BCUT2D eigenvalue weighted by molar-refractivity contribution is 0.101. The first-order valence-electron chi connectivity index (χ1n) is 8.26. The number of aromatic nitrogens is 3. The van der Waals surface area contributed by atoms with Gasteiger partial charge in [-0.25, -0.2) is 23.1 Å². The molecular weight excluding hydrogens is 366 g/mol. The van der Waals surface area contributed by atoms with Crippen LogP contribution in [0.1, 0.15) is 17.3 Å². The van der Waals surface area contributed by atoms with Crippen LogP contribution in [0.3, 0.4) is 0 Å². The van der Waals surface area contributed by atoms with Gasteiger partial charge in [0.1, 0.15) is 18.0 Å². The molecule has 2 N–H and O–H groups in total. The average Bonchev–Trinajstić information content (AvgIpc) is 3.20. The molecule has 2 aromatic heterocycles. The molecule has 3 aromatic rings. The van der Waals surface area contributed by atoms with E-state index in [1.165, 1.54) is 37.5 Å². The van der Waals surface area contributed by atoms with Gasteiger partial charge in [-0.05, 0) is 31.2 Å². The second-order valence-electron chi connectivity index (χ2n) is 5.76. The molecule has 8 nitrogen and oxygen atoms in total. The topological polar surface area (TPSA) is 106 Å². The molecule has 0 atom stereocenters. The Balaban J connectivity index is 1.55. The molecule has 0 spiro atoms. The number of benzene rings is 1. The van der Waals surface area contributed by atoms with Crippen LogP contribution in [0.4, 0.5) is 5.82 Å². The van der Waals surface area contributed by atoms with E-state index in [1.807, 2.05) is 29.1 Å². The molecule has 140 valence electrons. The van der Waals surface area contributed by atoms with E-state index < -0.39 is 10.0 Å². The summed E-state index contributed by atoms with van der Waals surface area (Å²) >= 11 is 0. The molecule has 0 bridgehead atoms. The number of rotatable bonds is 8. The van der Waals surface area contributed by atoms with Crippen molar-refractivity contribution in [3.8, 4) is 5.82 Å². The molecule has 0 amide bonds. The van der Waals surface area contributed by atoms with Crippen molar-refractivity contribution in [1.29, 1.82) is 0 Å². The van der Waals surface area contributed by atoms with Crippen molar-refractivity contribution < 1.29 is 13.2 Å². The van der Waals surface area contributed by atoms with Crippen LogP contribution in [0.2, 0.25) is 0 Å². The van der Waals surface area contributed by atoms with Gasteiger partial charge in [0.2, 0.25) is 10.0 Å². The van der Waals surface area contributed by atoms with Crippen molar-refractivity contribution in [2.24, 2.45) is 0 Å². The average molecular weight is 385 g/mol. The summed E-state index contributed by atoms with van der Waals surface area (Å²) < 4.78 is 28.9. The maximum atomic E-state index is 12.3. The largest absolute Gasteiger partial charge is 0.369 e. The van der Waals surface area contributed by atoms with Crippen LogP contribution in [0, 0.1) is 0 Å². The summed E-state index contributed by atoms with van der Waals surface area (Å²) in [7, 11) is -3.64. The fourth-order valence-corrected chi connectivity index (χ4v) is 3.43. The number of ketones is 1. The molecule has 2 heterocycles. The van der Waals surface area contributed by atoms with Crippen LogP contribution in [-0.2, 0) is 10.0 Å². The highest BCUT2D eigenvalue weighted by Crippen LogP contribution is 2.11. The molecule has 0 unspecified atom stereocenters. The second-order valence-corrected chi connectivity index (χ2v) is 7.52. The molecule has 1 aromatic carbocycles. The summed E-state index contributed by atoms with van der Waals surface area (Å²) in [5.74, 6) is 1.20. The number of anilines is 1. The summed E-state index contributed by atoms with van der Waals surface area (Å²) in [5, 5.41) is 3.06. The van der Waals surface area contributed by atoms with Gasteiger partial charge in [0.25, 0.3) is 0 Å². The minimum absolute atomic E-state index is 0.111. The van der Waals surface area contributed by atoms with Gasteiger partial charge in [-0.3, -0.25) is 4.79 Å². The van der Waals surface area contributed by atoms with Crippen LogP contribution in [0.25, 0.3) is 5.82 Å². The molecule has 0 saturated heterocycles. The Morgan fingerprint density at radius 3 is 2.44 bits per heavy atom. The quantitative estimate of drug-likeness (QED) is 0.453. The minimum Gasteiger partial charge on any atom is -0.369 e. The van der Waals surface area contributed by atoms with E-state index in [1.54, 1.807) is 6.07 Å². The smallest absolute Gasteiger partial charge is 0.240 e. The molecule has 9 heteroatoms. The van der Waals surface area contributed by atoms with Crippen molar-refractivity contribution >= 4 is 21.6 Å². The monoisotopic (exact) mass is 385 g/mol.